The first-order valence-corrected chi connectivity index (χ1v) is 6.52. The fourth-order valence-electron chi connectivity index (χ4n) is 2.17. The number of carbonyl (C=O) groups excluding carboxylic acids is 1. The Morgan fingerprint density at radius 3 is 2.32 bits per heavy atom. The first-order valence-electron chi connectivity index (χ1n) is 6.52. The Hall–Kier alpha value is -2.09. The first kappa shape index (κ1) is 13.3. The van der Waals surface area contributed by atoms with Crippen LogP contribution in [0.15, 0.2) is 48.5 Å². The van der Waals surface area contributed by atoms with Crippen LogP contribution >= 0.6 is 0 Å². The van der Waals surface area contributed by atoms with Crippen LogP contribution < -0.4 is 5.73 Å². The van der Waals surface area contributed by atoms with Gasteiger partial charge in [-0.15, -0.1) is 0 Å². The molecule has 1 amide bonds. The third-order valence-electron chi connectivity index (χ3n) is 3.44. The number of carbonyl (C=O) groups is 1. The van der Waals surface area contributed by atoms with E-state index in [1.165, 1.54) is 16.7 Å². The minimum absolute atomic E-state index is 0.121. The van der Waals surface area contributed by atoms with Gasteiger partial charge in [0.1, 0.15) is 0 Å². The molecule has 19 heavy (non-hydrogen) atoms. The van der Waals surface area contributed by atoms with Gasteiger partial charge in [-0.25, -0.2) is 0 Å². The van der Waals surface area contributed by atoms with E-state index in [4.69, 9.17) is 5.73 Å². The summed E-state index contributed by atoms with van der Waals surface area (Å²) in [4.78, 5) is 11.1. The molecule has 0 saturated heterocycles. The maximum atomic E-state index is 11.1. The van der Waals surface area contributed by atoms with Gasteiger partial charge in [0.05, 0.1) is 0 Å². The van der Waals surface area contributed by atoms with Gasteiger partial charge in [-0.3, -0.25) is 4.79 Å². The van der Waals surface area contributed by atoms with Crippen LogP contribution in [0.25, 0.3) is 11.1 Å². The van der Waals surface area contributed by atoms with Crippen molar-refractivity contribution in [1.29, 1.82) is 0 Å². The largest absolute Gasteiger partial charge is 0.369 e. The molecule has 0 saturated carbocycles. The zero-order valence-electron chi connectivity index (χ0n) is 11.4. The van der Waals surface area contributed by atoms with Crippen molar-refractivity contribution in [2.45, 2.75) is 20.3 Å². The van der Waals surface area contributed by atoms with Gasteiger partial charge < -0.3 is 5.73 Å². The molecule has 2 heteroatoms. The van der Waals surface area contributed by atoms with Gasteiger partial charge in [0.25, 0.3) is 0 Å². The fraction of sp³-hybridized carbons (Fsp3) is 0.235. The van der Waals surface area contributed by atoms with Crippen molar-refractivity contribution in [1.82, 2.24) is 0 Å². The quantitative estimate of drug-likeness (QED) is 0.892. The third-order valence-corrected chi connectivity index (χ3v) is 3.44. The minimum atomic E-state index is -0.247. The number of primary amides is 1. The van der Waals surface area contributed by atoms with Gasteiger partial charge in [0, 0.05) is 5.92 Å². The molecule has 2 aromatic rings. The maximum Gasteiger partial charge on any atom is 0.220 e. The molecule has 0 aliphatic rings. The minimum Gasteiger partial charge on any atom is -0.369 e. The van der Waals surface area contributed by atoms with Gasteiger partial charge in [0.15, 0.2) is 0 Å². The molecule has 0 bridgehead atoms. The Bertz CT molecular complexity index is 572. The van der Waals surface area contributed by atoms with Crippen molar-refractivity contribution in [3.05, 3.63) is 59.7 Å². The van der Waals surface area contributed by atoms with Crippen molar-refractivity contribution in [3.63, 3.8) is 0 Å². The van der Waals surface area contributed by atoms with E-state index in [0.29, 0.717) is 6.42 Å². The van der Waals surface area contributed by atoms with Crippen molar-refractivity contribution < 1.29 is 4.79 Å². The summed E-state index contributed by atoms with van der Waals surface area (Å²) in [7, 11) is 0. The Kier molecular flexibility index (Phi) is 4.00. The highest BCUT2D eigenvalue weighted by Gasteiger charge is 2.09. The van der Waals surface area contributed by atoms with Crippen LogP contribution in [-0.2, 0) is 11.2 Å². The average molecular weight is 253 g/mol. The lowest BCUT2D eigenvalue weighted by Crippen LogP contribution is -2.22. The summed E-state index contributed by atoms with van der Waals surface area (Å²) in [5, 5.41) is 0. The van der Waals surface area contributed by atoms with Crippen molar-refractivity contribution >= 4 is 5.91 Å². The molecule has 1 unspecified atom stereocenters. The van der Waals surface area contributed by atoms with E-state index in [0.717, 1.165) is 5.56 Å². The van der Waals surface area contributed by atoms with Crippen LogP contribution in [-0.4, -0.2) is 5.91 Å². The van der Waals surface area contributed by atoms with E-state index in [-0.39, 0.29) is 11.8 Å². The van der Waals surface area contributed by atoms with Crippen molar-refractivity contribution in [2.75, 3.05) is 0 Å². The van der Waals surface area contributed by atoms with Crippen LogP contribution in [0, 0.1) is 12.8 Å². The highest BCUT2D eigenvalue weighted by Crippen LogP contribution is 2.23. The van der Waals surface area contributed by atoms with Crippen LogP contribution in [0.3, 0.4) is 0 Å². The second kappa shape index (κ2) is 5.70. The molecule has 98 valence electrons. The molecule has 2 aromatic carbocycles. The Morgan fingerprint density at radius 2 is 1.74 bits per heavy atom. The zero-order chi connectivity index (χ0) is 13.8. The fourth-order valence-corrected chi connectivity index (χ4v) is 2.17. The van der Waals surface area contributed by atoms with Crippen LogP contribution in [0.2, 0.25) is 0 Å². The van der Waals surface area contributed by atoms with E-state index in [2.05, 4.69) is 43.3 Å². The summed E-state index contributed by atoms with van der Waals surface area (Å²) in [5.41, 5.74) is 10.1. The lowest BCUT2D eigenvalue weighted by molar-refractivity contribution is -0.121. The highest BCUT2D eigenvalue weighted by molar-refractivity contribution is 5.76. The molecular weight excluding hydrogens is 234 g/mol. The average Bonchev–Trinajstić information content (AvgIpc) is 2.40. The molecular formula is C17H19NO. The van der Waals surface area contributed by atoms with Gasteiger partial charge in [-0.05, 0) is 35.6 Å². The van der Waals surface area contributed by atoms with Gasteiger partial charge in [0.2, 0.25) is 5.91 Å². The molecule has 0 aliphatic carbocycles. The predicted molar refractivity (Wildman–Crippen MR) is 78.7 cm³/mol. The summed E-state index contributed by atoms with van der Waals surface area (Å²) in [6.45, 7) is 3.97. The molecule has 1 atom stereocenters. The Balaban J connectivity index is 2.19. The third kappa shape index (κ3) is 3.22. The second-order valence-electron chi connectivity index (χ2n) is 5.02. The van der Waals surface area contributed by atoms with Crippen LogP contribution in [0.5, 0.6) is 0 Å². The number of nitrogens with two attached hydrogens (primary N) is 1. The monoisotopic (exact) mass is 253 g/mol. The van der Waals surface area contributed by atoms with Crippen molar-refractivity contribution in [2.24, 2.45) is 11.7 Å². The normalized spacial score (nSPS) is 12.1. The summed E-state index contributed by atoms with van der Waals surface area (Å²) < 4.78 is 0. The molecule has 0 aliphatic heterocycles. The van der Waals surface area contributed by atoms with Gasteiger partial charge in [-0.2, -0.15) is 0 Å². The molecule has 0 spiro atoms. The lowest BCUT2D eigenvalue weighted by atomic mass is 9.96. The predicted octanol–water partition coefficient (Wildman–Crippen LogP) is 3.33. The number of amides is 1. The summed E-state index contributed by atoms with van der Waals surface area (Å²) in [6, 6.07) is 16.7. The van der Waals surface area contributed by atoms with E-state index in [1.807, 2.05) is 19.1 Å². The Labute approximate surface area is 114 Å². The second-order valence-corrected chi connectivity index (χ2v) is 5.02. The number of rotatable bonds is 4. The maximum absolute atomic E-state index is 11.1. The topological polar surface area (TPSA) is 43.1 Å². The van der Waals surface area contributed by atoms with Crippen molar-refractivity contribution in [3.8, 4) is 11.1 Å². The van der Waals surface area contributed by atoms with Crippen LogP contribution in [0.4, 0.5) is 0 Å². The van der Waals surface area contributed by atoms with E-state index in [9.17, 15) is 4.79 Å². The molecule has 2 N–H and O–H groups in total. The SMILES string of the molecule is Cc1ccccc1-c1ccc(CC(C)C(N)=O)cc1. The van der Waals surface area contributed by atoms with E-state index < -0.39 is 0 Å². The first-order chi connectivity index (χ1) is 9.08. The number of benzene rings is 2. The number of hydrogen-bond donors (Lipinski definition) is 1. The summed E-state index contributed by atoms with van der Waals surface area (Å²) in [6.07, 6.45) is 0.698. The number of hydrogen-bond acceptors (Lipinski definition) is 1. The standard InChI is InChI=1S/C17H19NO/c1-12-5-3-4-6-16(12)15-9-7-14(8-10-15)11-13(2)17(18)19/h3-10,13H,11H2,1-2H3,(H2,18,19). The molecule has 0 fully saturated rings. The molecule has 0 aromatic heterocycles. The van der Waals surface area contributed by atoms with E-state index in [1.54, 1.807) is 0 Å². The molecule has 0 heterocycles. The summed E-state index contributed by atoms with van der Waals surface area (Å²) >= 11 is 0. The Morgan fingerprint density at radius 1 is 1.11 bits per heavy atom. The molecule has 0 radical (unpaired) electrons. The van der Waals surface area contributed by atoms with E-state index >= 15 is 0 Å². The number of aryl methyl sites for hydroxylation is 1. The van der Waals surface area contributed by atoms with Gasteiger partial charge in [-0.1, -0.05) is 55.5 Å². The highest BCUT2D eigenvalue weighted by atomic mass is 16.1. The summed E-state index contributed by atoms with van der Waals surface area (Å²) in [5.74, 6) is -0.368. The molecule has 2 nitrogen and oxygen atoms in total. The van der Waals surface area contributed by atoms with Gasteiger partial charge >= 0.3 is 0 Å². The lowest BCUT2D eigenvalue weighted by Gasteiger charge is -2.09. The smallest absolute Gasteiger partial charge is 0.220 e. The zero-order valence-corrected chi connectivity index (χ0v) is 11.4. The molecule has 2 rings (SSSR count). The van der Waals surface area contributed by atoms with Crippen LogP contribution in [0.1, 0.15) is 18.1 Å².